The van der Waals surface area contributed by atoms with Gasteiger partial charge in [-0.15, -0.1) is 0 Å². The van der Waals surface area contributed by atoms with Crippen LogP contribution in [0.4, 0.5) is 11.4 Å². The van der Waals surface area contributed by atoms with Crippen LogP contribution in [0.1, 0.15) is 10.4 Å². The normalized spacial score (nSPS) is 10.7. The third-order valence-electron chi connectivity index (χ3n) is 4.40. The average Bonchev–Trinajstić information content (AvgIpc) is 3.05. The number of fused-ring (bicyclic) bond motifs is 1. The number of amides is 1. The first-order valence-corrected chi connectivity index (χ1v) is 8.50. The maximum Gasteiger partial charge on any atom is 0.327 e. The maximum atomic E-state index is 12.3. The van der Waals surface area contributed by atoms with E-state index in [0.717, 1.165) is 15.8 Å². The number of benzene rings is 3. The topological polar surface area (TPSA) is 102 Å². The number of hydrogen-bond donors (Lipinski definition) is 4. The molecule has 3 aromatic carbocycles. The van der Waals surface area contributed by atoms with Gasteiger partial charge in [-0.2, -0.15) is 0 Å². The van der Waals surface area contributed by atoms with Gasteiger partial charge in [0.15, 0.2) is 5.52 Å². The highest BCUT2D eigenvalue weighted by atomic mass is 16.5. The van der Waals surface area contributed by atoms with E-state index in [0.29, 0.717) is 28.3 Å². The third kappa shape index (κ3) is 3.16. The maximum absolute atomic E-state index is 12.3. The molecule has 28 heavy (non-hydrogen) atoms. The molecule has 4 aromatic rings. The zero-order valence-corrected chi connectivity index (χ0v) is 14.8. The standard InChI is InChI=1S/C21H16N4O3/c1-22-16-8-11-18-19(12-16)25(28)20(24-18)13-2-6-15(7-3-13)23-21(27)14-4-9-17(26)10-5-14/h2-12,28H,1H2,(H2,23,24,26,27)/p+1. The number of nitrogens with zero attached hydrogens (tertiary/aromatic N) is 2. The van der Waals surface area contributed by atoms with Crippen LogP contribution < -0.4 is 10.0 Å². The summed E-state index contributed by atoms with van der Waals surface area (Å²) < 4.78 is 1.06. The number of carbonyl (C=O) groups excluding carboxylic acids is 1. The average molecular weight is 373 g/mol. The number of phenolic OH excluding ortho intramolecular Hbond substituents is 1. The molecule has 4 N–H and O–H groups in total. The van der Waals surface area contributed by atoms with Gasteiger partial charge in [-0.1, -0.05) is 0 Å². The Labute approximate surface area is 160 Å². The van der Waals surface area contributed by atoms with Crippen molar-refractivity contribution in [2.75, 3.05) is 5.32 Å². The Kier molecular flexibility index (Phi) is 4.25. The molecule has 4 rings (SSSR count). The quantitative estimate of drug-likeness (QED) is 0.249. The highest BCUT2D eigenvalue weighted by Gasteiger charge is 2.20. The molecule has 0 unspecified atom stereocenters. The van der Waals surface area contributed by atoms with Gasteiger partial charge in [-0.05, 0) is 72.1 Å². The highest BCUT2D eigenvalue weighted by molar-refractivity contribution is 6.04. The fourth-order valence-corrected chi connectivity index (χ4v) is 2.92. The number of aromatic amines is 1. The van der Waals surface area contributed by atoms with Crippen molar-refractivity contribution in [3.05, 3.63) is 72.3 Å². The van der Waals surface area contributed by atoms with Gasteiger partial charge in [0.25, 0.3) is 5.91 Å². The van der Waals surface area contributed by atoms with Gasteiger partial charge in [0.05, 0.1) is 11.3 Å². The fourth-order valence-electron chi connectivity index (χ4n) is 2.92. The number of anilines is 1. The lowest BCUT2D eigenvalue weighted by molar-refractivity contribution is -0.875. The van der Waals surface area contributed by atoms with E-state index in [1.165, 1.54) is 12.1 Å². The molecule has 1 aromatic heterocycles. The molecule has 0 aliphatic carbocycles. The fraction of sp³-hybridized carbons (Fsp3) is 0. The molecule has 1 amide bonds. The Hall–Kier alpha value is -4.13. The lowest BCUT2D eigenvalue weighted by Crippen LogP contribution is -2.30. The van der Waals surface area contributed by atoms with Crippen LogP contribution in [0.2, 0.25) is 0 Å². The van der Waals surface area contributed by atoms with Crippen molar-refractivity contribution in [1.29, 1.82) is 0 Å². The van der Waals surface area contributed by atoms with Gasteiger partial charge in [-0.3, -0.25) is 9.79 Å². The van der Waals surface area contributed by atoms with Gasteiger partial charge >= 0.3 is 5.82 Å². The molecule has 0 fully saturated rings. The van der Waals surface area contributed by atoms with Crippen LogP contribution in [0.3, 0.4) is 0 Å². The number of rotatable bonds is 4. The zero-order valence-electron chi connectivity index (χ0n) is 14.8. The second-order valence-electron chi connectivity index (χ2n) is 6.22. The molecule has 0 atom stereocenters. The smallest absolute Gasteiger partial charge is 0.327 e. The van der Waals surface area contributed by atoms with Gasteiger partial charge in [0.1, 0.15) is 5.75 Å². The van der Waals surface area contributed by atoms with Crippen LogP contribution >= 0.6 is 0 Å². The second kappa shape index (κ2) is 6.88. The van der Waals surface area contributed by atoms with Crippen LogP contribution in [-0.4, -0.2) is 27.9 Å². The molecule has 1 heterocycles. The summed E-state index contributed by atoms with van der Waals surface area (Å²) in [6.45, 7) is 3.49. The molecular weight excluding hydrogens is 356 g/mol. The largest absolute Gasteiger partial charge is 0.508 e. The van der Waals surface area contributed by atoms with Crippen molar-refractivity contribution >= 4 is 35.0 Å². The number of aromatic nitrogens is 2. The summed E-state index contributed by atoms with van der Waals surface area (Å²) in [7, 11) is 0. The molecular formula is C21H17N4O3+. The first kappa shape index (κ1) is 17.3. The van der Waals surface area contributed by atoms with E-state index in [2.05, 4.69) is 22.0 Å². The Balaban J connectivity index is 1.58. The van der Waals surface area contributed by atoms with Crippen molar-refractivity contribution in [1.82, 2.24) is 4.98 Å². The lowest BCUT2D eigenvalue weighted by Gasteiger charge is -2.05. The Morgan fingerprint density at radius 1 is 1.04 bits per heavy atom. The zero-order chi connectivity index (χ0) is 19.7. The van der Waals surface area contributed by atoms with E-state index in [1.807, 2.05) is 6.07 Å². The Bertz CT molecular complexity index is 1180. The number of carbonyl (C=O) groups is 1. The molecule has 0 saturated carbocycles. The van der Waals surface area contributed by atoms with E-state index in [-0.39, 0.29) is 11.7 Å². The van der Waals surface area contributed by atoms with Crippen molar-refractivity contribution in [3.8, 4) is 17.1 Å². The summed E-state index contributed by atoms with van der Waals surface area (Å²) in [6, 6.07) is 18.4. The minimum absolute atomic E-state index is 0.104. The first-order chi connectivity index (χ1) is 13.5. The highest BCUT2D eigenvalue weighted by Crippen LogP contribution is 2.23. The van der Waals surface area contributed by atoms with Gasteiger partial charge < -0.3 is 15.6 Å². The van der Waals surface area contributed by atoms with Gasteiger partial charge in [0, 0.05) is 17.3 Å². The van der Waals surface area contributed by atoms with E-state index in [1.54, 1.807) is 48.5 Å². The van der Waals surface area contributed by atoms with E-state index >= 15 is 0 Å². The molecule has 0 aliphatic heterocycles. The Morgan fingerprint density at radius 3 is 2.43 bits per heavy atom. The molecule has 7 heteroatoms. The van der Waals surface area contributed by atoms with Crippen molar-refractivity contribution in [3.63, 3.8) is 0 Å². The van der Waals surface area contributed by atoms with E-state index in [9.17, 15) is 15.1 Å². The number of H-pyrrole nitrogens is 1. The minimum Gasteiger partial charge on any atom is -0.508 e. The molecule has 138 valence electrons. The summed E-state index contributed by atoms with van der Waals surface area (Å²) in [5.41, 5.74) is 3.81. The summed E-state index contributed by atoms with van der Waals surface area (Å²) >= 11 is 0. The van der Waals surface area contributed by atoms with Crippen LogP contribution in [0.5, 0.6) is 5.75 Å². The predicted molar refractivity (Wildman–Crippen MR) is 106 cm³/mol. The van der Waals surface area contributed by atoms with Gasteiger partial charge in [-0.25, -0.2) is 4.98 Å². The number of nitrogens with one attached hydrogen (secondary N) is 2. The van der Waals surface area contributed by atoms with Crippen molar-refractivity contribution < 1.29 is 19.8 Å². The molecule has 0 spiro atoms. The molecule has 7 nitrogen and oxygen atoms in total. The van der Waals surface area contributed by atoms with E-state index < -0.39 is 0 Å². The van der Waals surface area contributed by atoms with Crippen molar-refractivity contribution in [2.45, 2.75) is 0 Å². The third-order valence-corrected chi connectivity index (χ3v) is 4.40. The van der Waals surface area contributed by atoms with Gasteiger partial charge in [0.2, 0.25) is 5.52 Å². The number of hydrogen-bond acceptors (Lipinski definition) is 4. The monoisotopic (exact) mass is 373 g/mol. The molecule has 0 aliphatic rings. The minimum atomic E-state index is -0.278. The summed E-state index contributed by atoms with van der Waals surface area (Å²) in [5.74, 6) is 0.334. The lowest BCUT2D eigenvalue weighted by atomic mass is 10.1. The van der Waals surface area contributed by atoms with Crippen LogP contribution in [-0.2, 0) is 0 Å². The van der Waals surface area contributed by atoms with Crippen LogP contribution in [0.25, 0.3) is 22.4 Å². The predicted octanol–water partition coefficient (Wildman–Crippen LogP) is 3.65. The number of aliphatic imine (C=N–C) groups is 1. The van der Waals surface area contributed by atoms with Crippen molar-refractivity contribution in [2.24, 2.45) is 4.99 Å². The Morgan fingerprint density at radius 2 is 1.75 bits per heavy atom. The SMILES string of the molecule is C=Nc1ccc2[nH]c(-c3ccc(NC(=O)c4ccc(O)cc4)cc3)[n+](O)c2c1. The second-order valence-corrected chi connectivity index (χ2v) is 6.22. The summed E-state index contributed by atoms with van der Waals surface area (Å²) in [4.78, 5) is 19.3. The number of aromatic hydroxyl groups is 1. The number of imidazole rings is 1. The van der Waals surface area contributed by atoms with Crippen LogP contribution in [0, 0.1) is 0 Å². The first-order valence-electron chi connectivity index (χ1n) is 8.50. The van der Waals surface area contributed by atoms with Crippen LogP contribution in [0.15, 0.2) is 71.7 Å². The number of phenols is 1. The molecule has 0 radical (unpaired) electrons. The van der Waals surface area contributed by atoms with E-state index in [4.69, 9.17) is 0 Å². The summed E-state index contributed by atoms with van der Waals surface area (Å²) in [5, 5.41) is 22.6. The summed E-state index contributed by atoms with van der Waals surface area (Å²) in [6.07, 6.45) is 0. The molecule has 0 saturated heterocycles. The molecule has 0 bridgehead atoms.